The summed E-state index contributed by atoms with van der Waals surface area (Å²) in [4.78, 5) is 0. The summed E-state index contributed by atoms with van der Waals surface area (Å²) in [5.74, 6) is 1.50. The zero-order valence-electron chi connectivity index (χ0n) is 7.02. The van der Waals surface area contributed by atoms with E-state index < -0.39 is 9.73 Å². The van der Waals surface area contributed by atoms with Crippen LogP contribution in [0.2, 0.25) is 0 Å². The van der Waals surface area contributed by atoms with Crippen LogP contribution in [0.1, 0.15) is 27.2 Å². The predicted octanol–water partition coefficient (Wildman–Crippen LogP) is 2.10. The van der Waals surface area contributed by atoms with Crippen molar-refractivity contribution in [3.63, 3.8) is 0 Å². The van der Waals surface area contributed by atoms with Crippen molar-refractivity contribution < 1.29 is 4.21 Å². The van der Waals surface area contributed by atoms with Crippen molar-refractivity contribution in [2.24, 2.45) is 5.92 Å². The molecule has 2 atom stereocenters. The molecule has 0 aromatic carbocycles. The predicted molar refractivity (Wildman–Crippen MR) is 45.7 cm³/mol. The van der Waals surface area contributed by atoms with E-state index in [4.69, 9.17) is 4.78 Å². The lowest BCUT2D eigenvalue weighted by Gasteiger charge is -2.09. The minimum Gasteiger partial charge on any atom is -0.253 e. The third-order valence-corrected chi connectivity index (χ3v) is 3.76. The van der Waals surface area contributed by atoms with Gasteiger partial charge in [-0.25, -0.2) is 4.21 Å². The van der Waals surface area contributed by atoms with Gasteiger partial charge in [0.25, 0.3) is 0 Å². The van der Waals surface area contributed by atoms with Gasteiger partial charge in [0.1, 0.15) is 0 Å². The highest BCUT2D eigenvalue weighted by atomic mass is 32.2. The van der Waals surface area contributed by atoms with Gasteiger partial charge in [-0.15, -0.1) is 0 Å². The normalized spacial score (nSPS) is 19.9. The number of hydrogen-bond donors (Lipinski definition) is 1. The van der Waals surface area contributed by atoms with Gasteiger partial charge >= 0.3 is 0 Å². The summed E-state index contributed by atoms with van der Waals surface area (Å²) in [5, 5.41) is 0. The fourth-order valence-electron chi connectivity index (χ4n) is 0.695. The van der Waals surface area contributed by atoms with Gasteiger partial charge in [-0.3, -0.25) is 4.78 Å². The van der Waals surface area contributed by atoms with Crippen LogP contribution in [-0.4, -0.2) is 15.7 Å². The third kappa shape index (κ3) is 3.88. The molecule has 10 heavy (non-hydrogen) atoms. The second kappa shape index (κ2) is 3.96. The lowest BCUT2D eigenvalue weighted by Crippen LogP contribution is -2.13. The fourth-order valence-corrected chi connectivity index (χ4v) is 2.09. The molecule has 0 fully saturated rings. The van der Waals surface area contributed by atoms with E-state index in [1.807, 2.05) is 13.8 Å². The molecule has 0 bridgehead atoms. The highest BCUT2D eigenvalue weighted by molar-refractivity contribution is 7.92. The van der Waals surface area contributed by atoms with Gasteiger partial charge in [0.15, 0.2) is 0 Å². The van der Waals surface area contributed by atoms with Crippen molar-refractivity contribution in [3.05, 3.63) is 0 Å². The first-order chi connectivity index (χ1) is 4.52. The van der Waals surface area contributed by atoms with Gasteiger partial charge in [-0.1, -0.05) is 27.2 Å². The van der Waals surface area contributed by atoms with Gasteiger partial charge in [0.05, 0.1) is 0 Å². The van der Waals surface area contributed by atoms with Gasteiger partial charge in [0, 0.05) is 21.2 Å². The molecule has 62 valence electrons. The Bertz CT molecular complexity index is 172. The highest BCUT2D eigenvalue weighted by Gasteiger charge is 2.07. The lowest BCUT2D eigenvalue weighted by atomic mass is 10.2. The Kier molecular flexibility index (Phi) is 3.94. The maximum atomic E-state index is 11.2. The van der Waals surface area contributed by atoms with E-state index in [0.717, 1.165) is 6.42 Å². The largest absolute Gasteiger partial charge is 0.253 e. The van der Waals surface area contributed by atoms with Crippen molar-refractivity contribution in [3.8, 4) is 0 Å². The summed E-state index contributed by atoms with van der Waals surface area (Å²) < 4.78 is 18.5. The van der Waals surface area contributed by atoms with Crippen molar-refractivity contribution in [1.29, 1.82) is 4.78 Å². The average Bonchev–Trinajstić information content (AvgIpc) is 1.87. The number of nitrogens with one attached hydrogen (secondary N) is 1. The van der Waals surface area contributed by atoms with E-state index >= 15 is 0 Å². The molecular formula is C7H17NOS. The molecule has 0 aliphatic carbocycles. The maximum Gasteiger partial charge on any atom is 0.0441 e. The second-order valence-corrected chi connectivity index (χ2v) is 5.31. The van der Waals surface area contributed by atoms with Gasteiger partial charge in [-0.05, 0) is 5.92 Å². The Morgan fingerprint density at radius 1 is 1.50 bits per heavy atom. The summed E-state index contributed by atoms with van der Waals surface area (Å²) in [6.07, 6.45) is 1.02. The molecule has 0 aromatic heterocycles. The summed E-state index contributed by atoms with van der Waals surface area (Å²) in [6, 6.07) is 0. The SMILES string of the molecule is CC[C@H](C)C[S@](=N)(=O)CC. The van der Waals surface area contributed by atoms with Crippen molar-refractivity contribution >= 4 is 9.73 Å². The van der Waals surface area contributed by atoms with Crippen LogP contribution in [-0.2, 0) is 9.73 Å². The van der Waals surface area contributed by atoms with Gasteiger partial charge < -0.3 is 0 Å². The smallest absolute Gasteiger partial charge is 0.0441 e. The topological polar surface area (TPSA) is 40.9 Å². The Morgan fingerprint density at radius 2 is 2.00 bits per heavy atom. The Balaban J connectivity index is 3.90. The fraction of sp³-hybridized carbons (Fsp3) is 1.00. The van der Waals surface area contributed by atoms with Crippen molar-refractivity contribution in [2.75, 3.05) is 11.5 Å². The van der Waals surface area contributed by atoms with E-state index in [1.54, 1.807) is 0 Å². The Hall–Kier alpha value is -0.0500. The van der Waals surface area contributed by atoms with E-state index in [9.17, 15) is 4.21 Å². The molecule has 2 nitrogen and oxygen atoms in total. The molecule has 0 aliphatic rings. The van der Waals surface area contributed by atoms with Gasteiger partial charge in [-0.2, -0.15) is 0 Å². The third-order valence-electron chi connectivity index (χ3n) is 1.72. The van der Waals surface area contributed by atoms with Gasteiger partial charge in [0.2, 0.25) is 0 Å². The molecule has 3 heteroatoms. The molecule has 0 radical (unpaired) electrons. The van der Waals surface area contributed by atoms with Crippen LogP contribution >= 0.6 is 0 Å². The average molecular weight is 163 g/mol. The van der Waals surface area contributed by atoms with Crippen molar-refractivity contribution in [1.82, 2.24) is 0 Å². The molecule has 0 aliphatic heterocycles. The molecule has 0 heterocycles. The first-order valence-electron chi connectivity index (χ1n) is 3.76. The van der Waals surface area contributed by atoms with E-state index in [1.165, 1.54) is 0 Å². The molecule has 0 saturated heterocycles. The summed E-state index contributed by atoms with van der Waals surface area (Å²) in [5.41, 5.74) is 0. The second-order valence-electron chi connectivity index (χ2n) is 2.78. The van der Waals surface area contributed by atoms with E-state index in [0.29, 0.717) is 17.4 Å². The number of hydrogen-bond acceptors (Lipinski definition) is 2. The van der Waals surface area contributed by atoms with Crippen LogP contribution in [0.4, 0.5) is 0 Å². The van der Waals surface area contributed by atoms with Crippen LogP contribution in [0.25, 0.3) is 0 Å². The number of rotatable bonds is 4. The minimum atomic E-state index is -2.23. The molecule has 0 aromatic rings. The molecular weight excluding hydrogens is 146 g/mol. The molecule has 0 saturated carbocycles. The standard InChI is InChI=1S/C7H17NOS/c1-4-7(3)6-10(8,9)5-2/h7-8H,4-6H2,1-3H3/t7-,10+/m0/s1. The minimum absolute atomic E-state index is 0.435. The molecule has 0 unspecified atom stereocenters. The lowest BCUT2D eigenvalue weighted by molar-refractivity contribution is 0.611. The quantitative estimate of drug-likeness (QED) is 0.677. The van der Waals surface area contributed by atoms with Crippen LogP contribution in [0.5, 0.6) is 0 Å². The molecule has 0 rings (SSSR count). The van der Waals surface area contributed by atoms with E-state index in [2.05, 4.69) is 6.92 Å². The van der Waals surface area contributed by atoms with Crippen molar-refractivity contribution in [2.45, 2.75) is 27.2 Å². The Morgan fingerprint density at radius 3 is 2.30 bits per heavy atom. The monoisotopic (exact) mass is 163 g/mol. The van der Waals surface area contributed by atoms with Crippen LogP contribution in [0.3, 0.4) is 0 Å². The highest BCUT2D eigenvalue weighted by Crippen LogP contribution is 2.05. The summed E-state index contributed by atoms with van der Waals surface area (Å²) in [7, 11) is -2.23. The first-order valence-corrected chi connectivity index (χ1v) is 5.65. The van der Waals surface area contributed by atoms with E-state index in [-0.39, 0.29) is 0 Å². The zero-order chi connectivity index (χ0) is 8.20. The maximum absolute atomic E-state index is 11.2. The zero-order valence-corrected chi connectivity index (χ0v) is 7.83. The molecule has 0 spiro atoms. The molecule has 1 N–H and O–H groups in total. The van der Waals surface area contributed by atoms with Crippen LogP contribution in [0.15, 0.2) is 0 Å². The summed E-state index contributed by atoms with van der Waals surface area (Å²) >= 11 is 0. The first kappa shape index (κ1) is 9.95. The van der Waals surface area contributed by atoms with Crippen LogP contribution < -0.4 is 0 Å². The summed E-state index contributed by atoms with van der Waals surface area (Å²) in [6.45, 7) is 5.93. The Labute approximate surface area is 64.0 Å². The van der Waals surface area contributed by atoms with Crippen LogP contribution in [0, 0.1) is 10.7 Å². The molecule has 0 amide bonds.